The minimum atomic E-state index is -0.0673. The molecule has 166 valence electrons. The van der Waals surface area contributed by atoms with Gasteiger partial charge in [-0.15, -0.1) is 36.2 Å². The van der Waals surface area contributed by atoms with Crippen LogP contribution in [-0.2, 0) is 0 Å². The number of amides is 1. The fourth-order valence-electron chi connectivity index (χ4n) is 3.19. The minimum absolute atomic E-state index is 0. The van der Waals surface area contributed by atoms with E-state index < -0.39 is 0 Å². The van der Waals surface area contributed by atoms with Crippen LogP contribution in [-0.4, -0.2) is 60.2 Å². The predicted molar refractivity (Wildman–Crippen MR) is 126 cm³/mol. The van der Waals surface area contributed by atoms with Crippen molar-refractivity contribution in [3.63, 3.8) is 0 Å². The second kappa shape index (κ2) is 11.9. The van der Waals surface area contributed by atoms with E-state index in [4.69, 9.17) is 9.47 Å². The number of nitrogens with zero attached hydrogens (tertiary/aromatic N) is 3. The van der Waals surface area contributed by atoms with Gasteiger partial charge in [-0.25, -0.2) is 4.98 Å². The maximum Gasteiger partial charge on any atom is 0.273 e. The first-order chi connectivity index (χ1) is 14.2. The number of methoxy groups -OCH3 is 1. The predicted octanol–water partition coefficient (Wildman–Crippen LogP) is 3.55. The molecule has 0 bridgehead atoms. The van der Waals surface area contributed by atoms with Crippen LogP contribution in [0.2, 0.25) is 0 Å². The number of hydrogen-bond acceptors (Lipinski definition) is 7. The summed E-state index contributed by atoms with van der Waals surface area (Å²) in [6.07, 6.45) is 3.37. The summed E-state index contributed by atoms with van der Waals surface area (Å²) in [4.78, 5) is 23.6. The van der Waals surface area contributed by atoms with E-state index in [2.05, 4.69) is 15.3 Å². The Hall–Kier alpha value is -2.39. The molecule has 1 aromatic carbocycles. The summed E-state index contributed by atoms with van der Waals surface area (Å²) in [7, 11) is 1.64. The van der Waals surface area contributed by atoms with Gasteiger partial charge in [-0.05, 0) is 36.4 Å². The number of pyridine rings is 1. The molecule has 7 nitrogen and oxygen atoms in total. The van der Waals surface area contributed by atoms with Gasteiger partial charge in [0.05, 0.1) is 19.3 Å². The number of nitrogens with one attached hydrogen (secondary N) is 1. The van der Waals surface area contributed by atoms with Crippen LogP contribution in [0.4, 0.5) is 0 Å². The molecule has 1 aliphatic rings. The van der Waals surface area contributed by atoms with E-state index >= 15 is 0 Å². The number of thiazole rings is 1. The average Bonchev–Trinajstić information content (AvgIpc) is 3.28. The lowest BCUT2D eigenvalue weighted by Gasteiger charge is -2.35. The molecule has 1 unspecified atom stereocenters. The molecule has 0 saturated carbocycles. The van der Waals surface area contributed by atoms with Crippen molar-refractivity contribution in [1.82, 2.24) is 20.2 Å². The molecular weight excluding hydrogens is 459 g/mol. The highest BCUT2D eigenvalue weighted by atomic mass is 35.5. The van der Waals surface area contributed by atoms with Crippen molar-refractivity contribution in [2.24, 2.45) is 0 Å². The number of rotatable bonds is 6. The number of aromatic nitrogens is 2. The number of benzene rings is 1. The molecule has 3 aromatic rings. The standard InChI is InChI=1S/C21H22N4O3S.2ClH/c1-27-17-6-4-15(5-7-17)20-24-19(14-29-20)21(26)25-10-9-23-11-16(25)13-28-18-3-2-8-22-12-18;;/h2-8,12,14,16,23H,9-11,13H2,1H3;2*1H. The lowest BCUT2D eigenvalue weighted by molar-refractivity contribution is 0.0554. The molecule has 1 N–H and O–H groups in total. The van der Waals surface area contributed by atoms with Gasteiger partial charge in [-0.1, -0.05) is 0 Å². The summed E-state index contributed by atoms with van der Waals surface area (Å²) in [5.41, 5.74) is 1.43. The summed E-state index contributed by atoms with van der Waals surface area (Å²) in [5, 5.41) is 5.97. The van der Waals surface area contributed by atoms with Crippen LogP contribution < -0.4 is 14.8 Å². The summed E-state index contributed by atoms with van der Waals surface area (Å²) in [6.45, 7) is 2.46. The van der Waals surface area contributed by atoms with Crippen LogP contribution in [0.25, 0.3) is 10.6 Å². The van der Waals surface area contributed by atoms with Gasteiger partial charge in [-0.2, -0.15) is 0 Å². The lowest BCUT2D eigenvalue weighted by Crippen LogP contribution is -2.56. The third-order valence-corrected chi connectivity index (χ3v) is 5.64. The molecule has 0 radical (unpaired) electrons. The van der Waals surface area contributed by atoms with Gasteiger partial charge in [0.2, 0.25) is 0 Å². The molecule has 0 aliphatic carbocycles. The monoisotopic (exact) mass is 482 g/mol. The van der Waals surface area contributed by atoms with E-state index in [1.54, 1.807) is 19.5 Å². The molecule has 0 spiro atoms. The van der Waals surface area contributed by atoms with Crippen LogP contribution in [0.15, 0.2) is 54.2 Å². The van der Waals surface area contributed by atoms with Crippen molar-refractivity contribution in [3.8, 4) is 22.1 Å². The zero-order valence-corrected chi connectivity index (χ0v) is 19.3. The molecule has 1 aliphatic heterocycles. The normalized spacial score (nSPS) is 15.4. The van der Waals surface area contributed by atoms with Crippen LogP contribution in [0, 0.1) is 0 Å². The van der Waals surface area contributed by atoms with Gasteiger partial charge < -0.3 is 19.7 Å². The van der Waals surface area contributed by atoms with Crippen molar-refractivity contribution in [1.29, 1.82) is 0 Å². The molecule has 1 atom stereocenters. The molecule has 1 fully saturated rings. The average molecular weight is 483 g/mol. The molecule has 4 rings (SSSR count). The van der Waals surface area contributed by atoms with E-state index in [-0.39, 0.29) is 36.8 Å². The smallest absolute Gasteiger partial charge is 0.273 e. The van der Waals surface area contributed by atoms with E-state index in [0.29, 0.717) is 31.1 Å². The summed E-state index contributed by atoms with van der Waals surface area (Å²) in [5.74, 6) is 1.42. The van der Waals surface area contributed by atoms with Crippen molar-refractivity contribution >= 4 is 42.1 Å². The maximum absolute atomic E-state index is 13.1. The van der Waals surface area contributed by atoms with Gasteiger partial charge in [0.25, 0.3) is 5.91 Å². The van der Waals surface area contributed by atoms with E-state index in [1.165, 1.54) is 11.3 Å². The van der Waals surface area contributed by atoms with Crippen LogP contribution >= 0.6 is 36.2 Å². The Morgan fingerprint density at radius 1 is 1.23 bits per heavy atom. The number of carbonyl (C=O) groups excluding carboxylic acids is 1. The summed E-state index contributed by atoms with van der Waals surface area (Å²) in [6, 6.07) is 11.3. The third kappa shape index (κ3) is 6.07. The van der Waals surface area contributed by atoms with Gasteiger partial charge in [0.15, 0.2) is 0 Å². The van der Waals surface area contributed by atoms with E-state index in [0.717, 1.165) is 22.9 Å². The maximum atomic E-state index is 13.1. The van der Waals surface area contributed by atoms with Crippen molar-refractivity contribution < 1.29 is 14.3 Å². The van der Waals surface area contributed by atoms with Gasteiger partial charge >= 0.3 is 0 Å². The van der Waals surface area contributed by atoms with Gasteiger partial charge in [0.1, 0.15) is 28.8 Å². The molecular formula is C21H24Cl2N4O3S. The number of piperazine rings is 1. The Morgan fingerprint density at radius 3 is 2.74 bits per heavy atom. The Labute approximate surface area is 197 Å². The number of carbonyl (C=O) groups is 1. The first-order valence-electron chi connectivity index (χ1n) is 9.39. The highest BCUT2D eigenvalue weighted by Crippen LogP contribution is 2.26. The fraction of sp³-hybridized carbons (Fsp3) is 0.286. The minimum Gasteiger partial charge on any atom is -0.497 e. The lowest BCUT2D eigenvalue weighted by atomic mass is 10.2. The SMILES string of the molecule is COc1ccc(-c2nc(C(=O)N3CCNCC3COc3cccnc3)cs2)cc1.Cl.Cl. The van der Waals surface area contributed by atoms with Crippen LogP contribution in [0.1, 0.15) is 10.5 Å². The number of hydrogen-bond donors (Lipinski definition) is 1. The largest absolute Gasteiger partial charge is 0.497 e. The Balaban J connectivity index is 0.00000171. The molecule has 10 heteroatoms. The highest BCUT2D eigenvalue weighted by Gasteiger charge is 2.29. The van der Waals surface area contributed by atoms with Gasteiger partial charge in [0, 0.05) is 36.8 Å². The second-order valence-electron chi connectivity index (χ2n) is 6.62. The van der Waals surface area contributed by atoms with Crippen molar-refractivity contribution in [3.05, 3.63) is 59.9 Å². The Kier molecular flexibility index (Phi) is 9.51. The third-order valence-electron chi connectivity index (χ3n) is 4.75. The first-order valence-corrected chi connectivity index (χ1v) is 10.3. The fourth-order valence-corrected chi connectivity index (χ4v) is 3.99. The molecule has 2 aromatic heterocycles. The molecule has 1 saturated heterocycles. The summed E-state index contributed by atoms with van der Waals surface area (Å²) >= 11 is 1.47. The first kappa shape index (κ1) is 24.9. The second-order valence-corrected chi connectivity index (χ2v) is 7.48. The van der Waals surface area contributed by atoms with Crippen molar-refractivity contribution in [2.45, 2.75) is 6.04 Å². The van der Waals surface area contributed by atoms with E-state index in [9.17, 15) is 4.79 Å². The molecule has 31 heavy (non-hydrogen) atoms. The summed E-state index contributed by atoms with van der Waals surface area (Å²) < 4.78 is 11.0. The van der Waals surface area contributed by atoms with Crippen molar-refractivity contribution in [2.75, 3.05) is 33.4 Å². The quantitative estimate of drug-likeness (QED) is 0.578. The Bertz CT molecular complexity index is 957. The zero-order chi connectivity index (χ0) is 20.1. The van der Waals surface area contributed by atoms with Gasteiger partial charge in [-0.3, -0.25) is 9.78 Å². The van der Waals surface area contributed by atoms with Crippen LogP contribution in [0.3, 0.4) is 0 Å². The molecule has 3 heterocycles. The van der Waals surface area contributed by atoms with Crippen LogP contribution in [0.5, 0.6) is 11.5 Å². The van der Waals surface area contributed by atoms with E-state index in [1.807, 2.05) is 46.7 Å². The number of halogens is 2. The zero-order valence-electron chi connectivity index (χ0n) is 16.9. The topological polar surface area (TPSA) is 76.6 Å². The highest BCUT2D eigenvalue weighted by molar-refractivity contribution is 7.13. The number of ether oxygens (including phenoxy) is 2. The molecule has 1 amide bonds. The Morgan fingerprint density at radius 2 is 2.03 bits per heavy atom.